The zero-order valence-corrected chi connectivity index (χ0v) is 13.6. The summed E-state index contributed by atoms with van der Waals surface area (Å²) in [6.07, 6.45) is 0. The quantitative estimate of drug-likeness (QED) is 0.669. The average Bonchev–Trinajstić information content (AvgIpc) is 3.29. The van der Waals surface area contributed by atoms with Crippen molar-refractivity contribution in [1.82, 2.24) is 0 Å². The number of hydrogen-bond acceptors (Lipinski definition) is 4. The summed E-state index contributed by atoms with van der Waals surface area (Å²) in [6.45, 7) is 0. The second-order valence-corrected chi connectivity index (χ2v) is 6.88. The molecule has 112 valence electrons. The van der Waals surface area contributed by atoms with Crippen LogP contribution in [0.15, 0.2) is 65.4 Å². The summed E-state index contributed by atoms with van der Waals surface area (Å²) in [7, 11) is 0. The number of carbonyl (C=O) groups excluding carboxylic acids is 2. The van der Waals surface area contributed by atoms with Crippen LogP contribution in [-0.4, -0.2) is 11.8 Å². The van der Waals surface area contributed by atoms with Crippen LogP contribution in [0.5, 0.6) is 0 Å². The van der Waals surface area contributed by atoms with Gasteiger partial charge in [-0.15, -0.1) is 22.7 Å². The van der Waals surface area contributed by atoms with Crippen LogP contribution >= 0.6 is 22.7 Å². The van der Waals surface area contributed by atoms with Crippen molar-refractivity contribution in [3.63, 3.8) is 0 Å². The minimum absolute atomic E-state index is 0.257. The summed E-state index contributed by atoms with van der Waals surface area (Å²) in [5.41, 5.74) is 1.59. The molecule has 1 aliphatic heterocycles. The first-order chi connectivity index (χ1) is 11.3. The predicted octanol–water partition coefficient (Wildman–Crippen LogP) is 4.29. The van der Waals surface area contributed by atoms with Crippen LogP contribution in [0.3, 0.4) is 0 Å². The number of carbonyl (C=O) groups is 2. The molecule has 0 saturated carbocycles. The molecule has 0 N–H and O–H groups in total. The molecule has 2 amide bonds. The number of benzene rings is 1. The predicted molar refractivity (Wildman–Crippen MR) is 94.4 cm³/mol. The van der Waals surface area contributed by atoms with E-state index in [4.69, 9.17) is 0 Å². The Kier molecular flexibility index (Phi) is 3.44. The lowest BCUT2D eigenvalue weighted by Gasteiger charge is -2.14. The molecule has 2 aromatic heterocycles. The lowest BCUT2D eigenvalue weighted by Crippen LogP contribution is -2.31. The third-order valence-corrected chi connectivity index (χ3v) is 5.41. The minimum atomic E-state index is -0.257. The van der Waals surface area contributed by atoms with Gasteiger partial charge in [0.2, 0.25) is 0 Å². The van der Waals surface area contributed by atoms with E-state index in [0.717, 1.165) is 9.75 Å². The van der Waals surface area contributed by atoms with Gasteiger partial charge < -0.3 is 0 Å². The van der Waals surface area contributed by atoms with Gasteiger partial charge in [-0.05, 0) is 35.0 Å². The van der Waals surface area contributed by atoms with Crippen LogP contribution in [0.1, 0.15) is 9.75 Å². The smallest absolute Gasteiger partial charge is 0.267 e. The molecule has 3 aromatic rings. The van der Waals surface area contributed by atoms with Crippen molar-refractivity contribution >= 4 is 51.3 Å². The van der Waals surface area contributed by atoms with Gasteiger partial charge in [-0.1, -0.05) is 30.3 Å². The van der Waals surface area contributed by atoms with Crippen molar-refractivity contribution in [3.05, 3.63) is 75.1 Å². The molecular weight excluding hydrogens is 326 g/mol. The number of imide groups is 1. The standard InChI is InChI=1S/C18H11NO2S2/c20-17-15(13-8-4-10-22-13)16(14-9-5-11-23-14)18(21)19(17)12-6-2-1-3-7-12/h1-11H. The summed E-state index contributed by atoms with van der Waals surface area (Å²) >= 11 is 2.94. The van der Waals surface area contributed by atoms with Crippen molar-refractivity contribution < 1.29 is 9.59 Å². The van der Waals surface area contributed by atoms with E-state index >= 15 is 0 Å². The van der Waals surface area contributed by atoms with Crippen molar-refractivity contribution in [2.75, 3.05) is 4.90 Å². The Balaban J connectivity index is 1.91. The molecule has 23 heavy (non-hydrogen) atoms. The van der Waals surface area contributed by atoms with Crippen LogP contribution in [0, 0.1) is 0 Å². The number of amides is 2. The lowest BCUT2D eigenvalue weighted by atomic mass is 10.1. The van der Waals surface area contributed by atoms with Gasteiger partial charge in [0.25, 0.3) is 11.8 Å². The van der Waals surface area contributed by atoms with Crippen molar-refractivity contribution in [2.24, 2.45) is 0 Å². The second kappa shape index (κ2) is 5.61. The van der Waals surface area contributed by atoms with Crippen molar-refractivity contribution in [1.29, 1.82) is 0 Å². The molecule has 0 atom stereocenters. The van der Waals surface area contributed by atoms with Gasteiger partial charge in [0.05, 0.1) is 16.8 Å². The summed E-state index contributed by atoms with van der Waals surface area (Å²) in [5.74, 6) is -0.515. The maximum Gasteiger partial charge on any atom is 0.267 e. The van der Waals surface area contributed by atoms with Crippen LogP contribution in [0.25, 0.3) is 11.1 Å². The van der Waals surface area contributed by atoms with E-state index < -0.39 is 0 Å². The molecule has 3 heterocycles. The fourth-order valence-corrected chi connectivity index (χ4v) is 4.18. The maximum absolute atomic E-state index is 13.0. The molecule has 0 fully saturated rings. The van der Waals surface area contributed by atoms with Crippen molar-refractivity contribution in [3.8, 4) is 0 Å². The summed E-state index contributed by atoms with van der Waals surface area (Å²) in [6, 6.07) is 16.6. The normalized spacial score (nSPS) is 14.9. The van der Waals surface area contributed by atoms with E-state index in [0.29, 0.717) is 16.8 Å². The Morgan fingerprint density at radius 2 is 1.17 bits per heavy atom. The van der Waals surface area contributed by atoms with E-state index in [1.54, 1.807) is 12.1 Å². The third kappa shape index (κ3) is 2.25. The number of thiophene rings is 2. The van der Waals surface area contributed by atoms with Gasteiger partial charge in [-0.2, -0.15) is 0 Å². The highest BCUT2D eigenvalue weighted by Crippen LogP contribution is 2.40. The molecule has 1 aliphatic rings. The molecule has 0 spiro atoms. The Bertz CT molecular complexity index is 838. The first-order valence-corrected chi connectivity index (χ1v) is 8.79. The minimum Gasteiger partial charge on any atom is -0.268 e. The van der Waals surface area contributed by atoms with Gasteiger partial charge >= 0.3 is 0 Å². The summed E-state index contributed by atoms with van der Waals surface area (Å²) in [5, 5.41) is 3.83. The van der Waals surface area contributed by atoms with E-state index in [2.05, 4.69) is 0 Å². The average molecular weight is 337 g/mol. The molecule has 0 saturated heterocycles. The van der Waals surface area contributed by atoms with Gasteiger partial charge in [0.15, 0.2) is 0 Å². The monoisotopic (exact) mass is 337 g/mol. The number of nitrogens with zero attached hydrogens (tertiary/aromatic N) is 1. The number of rotatable bonds is 3. The molecule has 5 heteroatoms. The first-order valence-electron chi connectivity index (χ1n) is 7.03. The highest BCUT2D eigenvalue weighted by atomic mass is 32.1. The van der Waals surface area contributed by atoms with E-state index in [1.807, 2.05) is 53.2 Å². The zero-order valence-electron chi connectivity index (χ0n) is 11.9. The van der Waals surface area contributed by atoms with E-state index in [9.17, 15) is 9.59 Å². The molecule has 0 bridgehead atoms. The molecular formula is C18H11NO2S2. The fourth-order valence-electron chi connectivity index (χ4n) is 2.64. The molecule has 0 unspecified atom stereocenters. The molecule has 0 aliphatic carbocycles. The lowest BCUT2D eigenvalue weighted by molar-refractivity contribution is -0.119. The zero-order chi connectivity index (χ0) is 15.8. The van der Waals surface area contributed by atoms with Crippen molar-refractivity contribution in [2.45, 2.75) is 0 Å². The largest absolute Gasteiger partial charge is 0.268 e. The van der Waals surface area contributed by atoms with Gasteiger partial charge in [-0.25, -0.2) is 4.90 Å². The van der Waals surface area contributed by atoms with Gasteiger partial charge in [0, 0.05) is 9.75 Å². The topological polar surface area (TPSA) is 37.4 Å². The second-order valence-electron chi connectivity index (χ2n) is 4.99. The highest BCUT2D eigenvalue weighted by Gasteiger charge is 2.41. The van der Waals surface area contributed by atoms with Crippen LogP contribution in [0.4, 0.5) is 5.69 Å². The molecule has 4 rings (SSSR count). The van der Waals surface area contributed by atoms with Gasteiger partial charge in [-0.3, -0.25) is 9.59 Å². The first kappa shape index (κ1) is 14.1. The van der Waals surface area contributed by atoms with E-state index in [1.165, 1.54) is 27.6 Å². The van der Waals surface area contributed by atoms with Crippen LogP contribution in [-0.2, 0) is 9.59 Å². The Hall–Kier alpha value is -2.50. The maximum atomic E-state index is 13.0. The summed E-state index contributed by atoms with van der Waals surface area (Å²) in [4.78, 5) is 28.9. The molecule has 0 radical (unpaired) electrons. The Morgan fingerprint density at radius 3 is 1.61 bits per heavy atom. The van der Waals surface area contributed by atoms with Gasteiger partial charge in [0.1, 0.15) is 0 Å². The SMILES string of the molecule is O=C1C(c2cccs2)=C(c2cccs2)C(=O)N1c1ccccc1. The molecule has 1 aromatic carbocycles. The van der Waals surface area contributed by atoms with Crippen LogP contribution in [0.2, 0.25) is 0 Å². The Morgan fingerprint density at radius 1 is 0.652 bits per heavy atom. The summed E-state index contributed by atoms with van der Waals surface area (Å²) < 4.78 is 0. The number of para-hydroxylation sites is 1. The van der Waals surface area contributed by atoms with E-state index in [-0.39, 0.29) is 11.8 Å². The third-order valence-electron chi connectivity index (χ3n) is 3.63. The number of hydrogen-bond donors (Lipinski definition) is 0. The van der Waals surface area contributed by atoms with Crippen LogP contribution < -0.4 is 4.90 Å². The molecule has 3 nitrogen and oxygen atoms in total. The fraction of sp³-hybridized carbons (Fsp3) is 0. The number of anilines is 1. The highest BCUT2D eigenvalue weighted by molar-refractivity contribution is 7.13. The Labute approximate surface area is 141 Å².